The van der Waals surface area contributed by atoms with Crippen LogP contribution in [0.1, 0.15) is 0 Å². The molecule has 0 spiro atoms. The van der Waals surface area contributed by atoms with E-state index < -0.39 is 0 Å². The average molecular weight is 599 g/mol. The van der Waals surface area contributed by atoms with Crippen molar-refractivity contribution in [2.24, 2.45) is 0 Å². The lowest BCUT2D eigenvalue weighted by Crippen LogP contribution is -1.96. The van der Waals surface area contributed by atoms with Crippen LogP contribution in [0.2, 0.25) is 0 Å². The summed E-state index contributed by atoms with van der Waals surface area (Å²) in [5.74, 6) is 0.651. The minimum absolute atomic E-state index is 0.651. The molecule has 0 aliphatic carbocycles. The molecule has 2 aromatic heterocycles. The molecule has 0 bridgehead atoms. The molecule has 0 saturated heterocycles. The number of furan rings is 1. The standard InChI is InChI=1S/C44H26N2O/c1-3-11-27(12-4-1)28-19-21-30(22-20-28)41-36-17-9-10-18-38(36)45-44(46-41)37-26-25-35-33-16-8-7-15-32(33)34-24-23-31(29-13-5-2-6-14-29)42-39(34)40(35)43(37)47-42/h1-26H. The number of hydrogen-bond acceptors (Lipinski definition) is 3. The number of nitrogens with zero attached hydrogens (tertiary/aromatic N) is 2. The maximum Gasteiger partial charge on any atom is 0.164 e. The first-order chi connectivity index (χ1) is 23.3. The lowest BCUT2D eigenvalue weighted by Gasteiger charge is -2.12. The van der Waals surface area contributed by atoms with Crippen molar-refractivity contribution in [3.63, 3.8) is 0 Å². The molecule has 47 heavy (non-hydrogen) atoms. The van der Waals surface area contributed by atoms with Crippen LogP contribution in [0.3, 0.4) is 0 Å². The van der Waals surface area contributed by atoms with Crippen molar-refractivity contribution in [1.29, 1.82) is 0 Å². The van der Waals surface area contributed by atoms with Crippen LogP contribution in [-0.2, 0) is 0 Å². The van der Waals surface area contributed by atoms with Crippen molar-refractivity contribution in [1.82, 2.24) is 9.97 Å². The zero-order valence-electron chi connectivity index (χ0n) is 25.3. The summed E-state index contributed by atoms with van der Waals surface area (Å²) in [6.07, 6.45) is 0. The molecule has 10 rings (SSSR count). The van der Waals surface area contributed by atoms with Gasteiger partial charge < -0.3 is 4.42 Å². The summed E-state index contributed by atoms with van der Waals surface area (Å²) in [7, 11) is 0. The normalized spacial score (nSPS) is 11.8. The van der Waals surface area contributed by atoms with Crippen molar-refractivity contribution in [3.05, 3.63) is 158 Å². The predicted molar refractivity (Wildman–Crippen MR) is 195 cm³/mol. The van der Waals surface area contributed by atoms with Gasteiger partial charge in [-0.1, -0.05) is 140 Å². The highest BCUT2D eigenvalue weighted by Crippen LogP contribution is 2.48. The fraction of sp³-hybridized carbons (Fsp3) is 0. The predicted octanol–water partition coefficient (Wildman–Crippen LogP) is 11.9. The lowest BCUT2D eigenvalue weighted by atomic mass is 9.91. The first-order valence-corrected chi connectivity index (χ1v) is 15.9. The van der Waals surface area contributed by atoms with Crippen molar-refractivity contribution < 1.29 is 4.42 Å². The van der Waals surface area contributed by atoms with Gasteiger partial charge in [0.2, 0.25) is 0 Å². The molecule has 3 nitrogen and oxygen atoms in total. The molecule has 0 radical (unpaired) electrons. The maximum absolute atomic E-state index is 7.00. The number of para-hydroxylation sites is 1. The van der Waals surface area contributed by atoms with Crippen LogP contribution in [0, 0.1) is 0 Å². The molecule has 0 aliphatic heterocycles. The Morgan fingerprint density at radius 1 is 0.340 bits per heavy atom. The van der Waals surface area contributed by atoms with E-state index in [0.717, 1.165) is 60.8 Å². The Morgan fingerprint density at radius 2 is 0.851 bits per heavy atom. The van der Waals surface area contributed by atoms with Gasteiger partial charge in [-0.3, -0.25) is 0 Å². The third-order valence-electron chi connectivity index (χ3n) is 9.47. The Bertz CT molecular complexity index is 2760. The summed E-state index contributed by atoms with van der Waals surface area (Å²) in [5, 5.41) is 8.09. The third kappa shape index (κ3) is 3.93. The Labute approximate surface area is 270 Å². The second-order valence-corrected chi connectivity index (χ2v) is 12.1. The molecule has 0 unspecified atom stereocenters. The van der Waals surface area contributed by atoms with E-state index in [2.05, 4.69) is 140 Å². The van der Waals surface area contributed by atoms with Crippen LogP contribution in [-0.4, -0.2) is 9.97 Å². The Morgan fingerprint density at radius 3 is 1.53 bits per heavy atom. The smallest absolute Gasteiger partial charge is 0.164 e. The highest BCUT2D eigenvalue weighted by atomic mass is 16.3. The Balaban J connectivity index is 1.25. The second-order valence-electron chi connectivity index (χ2n) is 12.1. The Hall–Kier alpha value is -6.32. The first kappa shape index (κ1) is 26.0. The van der Waals surface area contributed by atoms with Crippen molar-refractivity contribution in [2.45, 2.75) is 0 Å². The van der Waals surface area contributed by atoms with Gasteiger partial charge in [0.15, 0.2) is 5.82 Å². The molecule has 0 atom stereocenters. The van der Waals surface area contributed by atoms with E-state index in [0.29, 0.717) is 5.82 Å². The number of aromatic nitrogens is 2. The van der Waals surface area contributed by atoms with Gasteiger partial charge in [0, 0.05) is 27.3 Å². The minimum atomic E-state index is 0.651. The van der Waals surface area contributed by atoms with Crippen LogP contribution >= 0.6 is 0 Å². The highest BCUT2D eigenvalue weighted by molar-refractivity contribution is 6.35. The van der Waals surface area contributed by atoms with E-state index in [1.54, 1.807) is 0 Å². The minimum Gasteiger partial charge on any atom is -0.455 e. The summed E-state index contributed by atoms with van der Waals surface area (Å²) < 4.78 is 7.00. The Kier molecular flexibility index (Phi) is 5.57. The topological polar surface area (TPSA) is 38.9 Å². The molecule has 8 aromatic carbocycles. The van der Waals surface area contributed by atoms with E-state index >= 15 is 0 Å². The highest BCUT2D eigenvalue weighted by Gasteiger charge is 2.24. The van der Waals surface area contributed by atoms with E-state index in [1.807, 2.05) is 18.2 Å². The molecule has 0 aliphatic rings. The molecule has 0 amide bonds. The number of fused-ring (bicyclic) bond motifs is 4. The van der Waals surface area contributed by atoms with Gasteiger partial charge in [-0.15, -0.1) is 0 Å². The molecule has 0 saturated carbocycles. The van der Waals surface area contributed by atoms with E-state index in [-0.39, 0.29) is 0 Å². The van der Waals surface area contributed by atoms with Gasteiger partial charge in [-0.25, -0.2) is 9.97 Å². The van der Waals surface area contributed by atoms with Crippen LogP contribution in [0.15, 0.2) is 162 Å². The average Bonchev–Trinajstić information content (AvgIpc) is 3.56. The molecule has 0 N–H and O–H groups in total. The fourth-order valence-electron chi connectivity index (χ4n) is 7.27. The van der Waals surface area contributed by atoms with Gasteiger partial charge in [0.25, 0.3) is 0 Å². The SMILES string of the molecule is c1ccc(-c2ccc(-c3nc(-c4ccc5c6ccccc6c6ccc(-c7ccccc7)c7oc4c5c76)nc4ccccc34)cc2)cc1. The lowest BCUT2D eigenvalue weighted by molar-refractivity contribution is 0.671. The van der Waals surface area contributed by atoms with Crippen LogP contribution in [0.4, 0.5) is 0 Å². The summed E-state index contributed by atoms with van der Waals surface area (Å²) in [5.41, 5.74) is 10.0. The second kappa shape index (κ2) is 10.1. The summed E-state index contributed by atoms with van der Waals surface area (Å²) in [6.45, 7) is 0. The third-order valence-corrected chi connectivity index (χ3v) is 9.47. The number of rotatable bonds is 4. The quantitative estimate of drug-likeness (QED) is 0.189. The van der Waals surface area contributed by atoms with Gasteiger partial charge in [-0.2, -0.15) is 0 Å². The largest absolute Gasteiger partial charge is 0.455 e. The summed E-state index contributed by atoms with van der Waals surface area (Å²) >= 11 is 0. The summed E-state index contributed by atoms with van der Waals surface area (Å²) in [4.78, 5) is 10.4. The van der Waals surface area contributed by atoms with Gasteiger partial charge in [0.1, 0.15) is 11.2 Å². The monoisotopic (exact) mass is 598 g/mol. The molecular formula is C44H26N2O. The summed E-state index contributed by atoms with van der Waals surface area (Å²) in [6, 6.07) is 55.3. The van der Waals surface area contributed by atoms with Gasteiger partial charge >= 0.3 is 0 Å². The van der Waals surface area contributed by atoms with Crippen molar-refractivity contribution in [2.75, 3.05) is 0 Å². The van der Waals surface area contributed by atoms with Crippen LogP contribution in [0.25, 0.3) is 99.3 Å². The van der Waals surface area contributed by atoms with E-state index in [1.165, 1.54) is 32.7 Å². The zero-order valence-corrected chi connectivity index (χ0v) is 25.3. The molecular weight excluding hydrogens is 572 g/mol. The van der Waals surface area contributed by atoms with E-state index in [9.17, 15) is 0 Å². The van der Waals surface area contributed by atoms with Crippen LogP contribution < -0.4 is 0 Å². The number of hydrogen-bond donors (Lipinski definition) is 0. The van der Waals surface area contributed by atoms with Crippen LogP contribution in [0.5, 0.6) is 0 Å². The van der Waals surface area contributed by atoms with E-state index in [4.69, 9.17) is 14.4 Å². The molecule has 0 fully saturated rings. The number of benzene rings is 8. The van der Waals surface area contributed by atoms with Gasteiger partial charge in [0.05, 0.1) is 16.8 Å². The maximum atomic E-state index is 7.00. The zero-order chi connectivity index (χ0) is 30.9. The van der Waals surface area contributed by atoms with Crippen molar-refractivity contribution in [3.8, 4) is 44.9 Å². The molecule has 10 aromatic rings. The van der Waals surface area contributed by atoms with Crippen molar-refractivity contribution >= 4 is 54.4 Å². The first-order valence-electron chi connectivity index (χ1n) is 15.9. The fourth-order valence-corrected chi connectivity index (χ4v) is 7.27. The molecule has 3 heteroatoms. The molecule has 2 heterocycles. The van der Waals surface area contributed by atoms with Gasteiger partial charge in [-0.05, 0) is 56.4 Å². The molecule has 218 valence electrons.